The zero-order chi connectivity index (χ0) is 14.7. The van der Waals surface area contributed by atoms with Gasteiger partial charge in [-0.1, -0.05) is 15.9 Å². The van der Waals surface area contributed by atoms with Gasteiger partial charge in [-0.25, -0.2) is 0 Å². The number of nitrogens with zero attached hydrogens (tertiary/aromatic N) is 1. The fraction of sp³-hybridized carbons (Fsp3) is 0.600. The van der Waals surface area contributed by atoms with E-state index in [-0.39, 0.29) is 12.1 Å². The van der Waals surface area contributed by atoms with E-state index in [0.29, 0.717) is 12.6 Å². The van der Waals surface area contributed by atoms with Gasteiger partial charge in [0.2, 0.25) is 0 Å². The molecule has 2 N–H and O–H groups in total. The molecule has 0 aliphatic carbocycles. The second kappa shape index (κ2) is 6.89. The summed E-state index contributed by atoms with van der Waals surface area (Å²) in [5, 5.41) is 0. The molecule has 20 heavy (non-hydrogen) atoms. The Morgan fingerprint density at radius 3 is 2.85 bits per heavy atom. The second-order valence-corrected chi connectivity index (χ2v) is 6.09. The minimum absolute atomic E-state index is 0.147. The SMILES string of the molecule is COc1ccc(Br)c(C(CN)N(C)C2CCOC2C)c1. The van der Waals surface area contributed by atoms with E-state index >= 15 is 0 Å². The first-order valence-corrected chi connectivity index (χ1v) is 7.74. The van der Waals surface area contributed by atoms with Crippen molar-refractivity contribution in [3.63, 3.8) is 0 Å². The molecular formula is C15H23BrN2O2. The number of ether oxygens (including phenoxy) is 2. The van der Waals surface area contributed by atoms with Crippen LogP contribution >= 0.6 is 15.9 Å². The van der Waals surface area contributed by atoms with Crippen molar-refractivity contribution in [2.24, 2.45) is 5.73 Å². The maximum absolute atomic E-state index is 6.04. The van der Waals surface area contributed by atoms with Crippen molar-refractivity contribution in [1.82, 2.24) is 4.90 Å². The van der Waals surface area contributed by atoms with Gasteiger partial charge in [-0.2, -0.15) is 0 Å². The highest BCUT2D eigenvalue weighted by molar-refractivity contribution is 9.10. The molecule has 112 valence electrons. The lowest BCUT2D eigenvalue weighted by Gasteiger charge is -2.34. The number of nitrogens with two attached hydrogens (primary N) is 1. The summed E-state index contributed by atoms with van der Waals surface area (Å²) in [5.74, 6) is 0.853. The molecule has 0 aromatic heterocycles. The summed E-state index contributed by atoms with van der Waals surface area (Å²) in [6.07, 6.45) is 1.30. The van der Waals surface area contributed by atoms with Crippen LogP contribution in [0.25, 0.3) is 0 Å². The molecule has 0 spiro atoms. The van der Waals surface area contributed by atoms with Crippen molar-refractivity contribution in [3.8, 4) is 5.75 Å². The largest absolute Gasteiger partial charge is 0.497 e. The van der Waals surface area contributed by atoms with Gasteiger partial charge in [-0.15, -0.1) is 0 Å². The van der Waals surface area contributed by atoms with Gasteiger partial charge in [0.25, 0.3) is 0 Å². The quantitative estimate of drug-likeness (QED) is 0.893. The van der Waals surface area contributed by atoms with Gasteiger partial charge in [0.15, 0.2) is 0 Å². The molecule has 4 nitrogen and oxygen atoms in total. The van der Waals surface area contributed by atoms with Crippen LogP contribution in [0.2, 0.25) is 0 Å². The summed E-state index contributed by atoms with van der Waals surface area (Å²) in [4.78, 5) is 2.33. The molecule has 3 unspecified atom stereocenters. The van der Waals surface area contributed by atoms with Crippen molar-refractivity contribution in [2.45, 2.75) is 31.5 Å². The monoisotopic (exact) mass is 342 g/mol. The van der Waals surface area contributed by atoms with Gasteiger partial charge in [0, 0.05) is 29.7 Å². The van der Waals surface area contributed by atoms with Gasteiger partial charge in [0.05, 0.1) is 13.2 Å². The van der Waals surface area contributed by atoms with Crippen LogP contribution in [0, 0.1) is 0 Å². The molecule has 0 bridgehead atoms. The van der Waals surface area contributed by atoms with E-state index < -0.39 is 0 Å². The average molecular weight is 343 g/mol. The molecule has 0 saturated carbocycles. The predicted octanol–water partition coefficient (Wildman–Crippen LogP) is 2.57. The molecule has 1 aromatic rings. The zero-order valence-corrected chi connectivity index (χ0v) is 13.9. The highest BCUT2D eigenvalue weighted by Crippen LogP contribution is 2.33. The highest BCUT2D eigenvalue weighted by atomic mass is 79.9. The smallest absolute Gasteiger partial charge is 0.119 e. The molecule has 1 aliphatic heterocycles. The van der Waals surface area contributed by atoms with E-state index in [4.69, 9.17) is 15.2 Å². The molecule has 1 aromatic carbocycles. The first kappa shape index (κ1) is 15.8. The molecule has 1 fully saturated rings. The number of likely N-dealkylation sites (N-methyl/N-ethyl adjacent to an activating group) is 1. The summed E-state index contributed by atoms with van der Waals surface area (Å²) >= 11 is 3.62. The Kier molecular flexibility index (Phi) is 5.43. The molecule has 1 aliphatic rings. The Balaban J connectivity index is 2.27. The maximum Gasteiger partial charge on any atom is 0.119 e. The molecule has 0 radical (unpaired) electrons. The van der Waals surface area contributed by atoms with Crippen LogP contribution < -0.4 is 10.5 Å². The summed E-state index contributed by atoms with van der Waals surface area (Å²) in [5.41, 5.74) is 7.20. The Hall–Kier alpha value is -0.620. The highest BCUT2D eigenvalue weighted by Gasteiger charge is 2.32. The fourth-order valence-corrected chi connectivity index (χ4v) is 3.41. The Bertz CT molecular complexity index is 455. The van der Waals surface area contributed by atoms with Crippen molar-refractivity contribution in [2.75, 3.05) is 27.3 Å². The van der Waals surface area contributed by atoms with Gasteiger partial charge in [-0.3, -0.25) is 4.90 Å². The van der Waals surface area contributed by atoms with Crippen LogP contribution in [-0.2, 0) is 4.74 Å². The van der Waals surface area contributed by atoms with Crippen LogP contribution in [0.5, 0.6) is 5.75 Å². The molecule has 3 atom stereocenters. The standard InChI is InChI=1S/C15H23BrN2O2/c1-10-14(6-7-20-10)18(2)15(9-17)12-8-11(19-3)4-5-13(12)16/h4-5,8,10,14-15H,6-7,9,17H2,1-3H3. The first-order valence-electron chi connectivity index (χ1n) is 6.95. The molecule has 5 heteroatoms. The second-order valence-electron chi connectivity index (χ2n) is 5.24. The van der Waals surface area contributed by atoms with Crippen LogP contribution in [-0.4, -0.2) is 44.4 Å². The van der Waals surface area contributed by atoms with E-state index in [2.05, 4.69) is 40.9 Å². The Labute approximate surface area is 129 Å². The minimum atomic E-state index is 0.147. The van der Waals surface area contributed by atoms with E-state index in [9.17, 15) is 0 Å². The normalized spacial score (nSPS) is 24.1. The Morgan fingerprint density at radius 2 is 2.30 bits per heavy atom. The van der Waals surface area contributed by atoms with E-state index in [1.807, 2.05) is 12.1 Å². The number of benzene rings is 1. The molecule has 2 rings (SSSR count). The number of halogens is 1. The lowest BCUT2D eigenvalue weighted by molar-refractivity contribution is 0.0684. The first-order chi connectivity index (χ1) is 9.58. The summed E-state index contributed by atoms with van der Waals surface area (Å²) < 4.78 is 12.1. The van der Waals surface area contributed by atoms with Crippen LogP contribution in [0.1, 0.15) is 24.9 Å². The molecule has 1 saturated heterocycles. The van der Waals surface area contributed by atoms with Crippen molar-refractivity contribution >= 4 is 15.9 Å². The van der Waals surface area contributed by atoms with Crippen LogP contribution in [0.3, 0.4) is 0 Å². The fourth-order valence-electron chi connectivity index (χ4n) is 2.90. The molecule has 0 amide bonds. The maximum atomic E-state index is 6.04. The topological polar surface area (TPSA) is 47.7 Å². The lowest BCUT2D eigenvalue weighted by Crippen LogP contribution is -2.42. The van der Waals surface area contributed by atoms with Gasteiger partial charge >= 0.3 is 0 Å². The number of rotatable bonds is 5. The average Bonchev–Trinajstić information content (AvgIpc) is 2.87. The van der Waals surface area contributed by atoms with Gasteiger partial charge < -0.3 is 15.2 Å². The van der Waals surface area contributed by atoms with Gasteiger partial charge in [-0.05, 0) is 44.2 Å². The van der Waals surface area contributed by atoms with Crippen molar-refractivity contribution < 1.29 is 9.47 Å². The van der Waals surface area contributed by atoms with Crippen molar-refractivity contribution in [1.29, 1.82) is 0 Å². The number of hydrogen-bond donors (Lipinski definition) is 1. The Morgan fingerprint density at radius 1 is 1.55 bits per heavy atom. The van der Waals surface area contributed by atoms with E-state index in [1.165, 1.54) is 0 Å². The number of methoxy groups -OCH3 is 1. The van der Waals surface area contributed by atoms with Crippen LogP contribution in [0.4, 0.5) is 0 Å². The number of hydrogen-bond acceptors (Lipinski definition) is 4. The third-order valence-electron chi connectivity index (χ3n) is 4.14. The lowest BCUT2D eigenvalue weighted by atomic mass is 10.0. The minimum Gasteiger partial charge on any atom is -0.497 e. The third-order valence-corrected chi connectivity index (χ3v) is 4.86. The third kappa shape index (κ3) is 3.17. The summed E-state index contributed by atoms with van der Waals surface area (Å²) in [6.45, 7) is 3.51. The van der Waals surface area contributed by atoms with Gasteiger partial charge in [0.1, 0.15) is 5.75 Å². The summed E-state index contributed by atoms with van der Waals surface area (Å²) in [7, 11) is 3.81. The van der Waals surface area contributed by atoms with E-state index in [1.54, 1.807) is 7.11 Å². The summed E-state index contributed by atoms with van der Waals surface area (Å²) in [6, 6.07) is 6.57. The molecule has 1 heterocycles. The van der Waals surface area contributed by atoms with E-state index in [0.717, 1.165) is 28.8 Å². The zero-order valence-electron chi connectivity index (χ0n) is 12.3. The molecular weight excluding hydrogens is 320 g/mol. The van der Waals surface area contributed by atoms with Crippen LogP contribution in [0.15, 0.2) is 22.7 Å². The van der Waals surface area contributed by atoms with Crippen molar-refractivity contribution in [3.05, 3.63) is 28.2 Å². The predicted molar refractivity (Wildman–Crippen MR) is 84.1 cm³/mol.